The Bertz CT molecular complexity index is 1140. The van der Waals surface area contributed by atoms with Crippen molar-refractivity contribution < 1.29 is 4.79 Å². The summed E-state index contributed by atoms with van der Waals surface area (Å²) in [5, 5.41) is 4.89. The molecule has 0 spiro atoms. The minimum Gasteiger partial charge on any atom is -0.277 e. The summed E-state index contributed by atoms with van der Waals surface area (Å²) in [6.07, 6.45) is 3.44. The number of anilines is 1. The van der Waals surface area contributed by atoms with Gasteiger partial charge in [-0.2, -0.15) is 5.10 Å². The van der Waals surface area contributed by atoms with Crippen LogP contribution < -0.4 is 4.90 Å². The van der Waals surface area contributed by atoms with E-state index in [1.54, 1.807) is 29.0 Å². The van der Waals surface area contributed by atoms with E-state index in [1.165, 1.54) is 16.9 Å². The number of aromatic nitrogens is 4. The van der Waals surface area contributed by atoms with Crippen LogP contribution in [0.3, 0.4) is 0 Å². The topological polar surface area (TPSA) is 63.9 Å². The number of hydrogen-bond acceptors (Lipinski definition) is 5. The number of hydrogen-bond donors (Lipinski definition) is 0. The largest absolute Gasteiger partial charge is 0.278 e. The van der Waals surface area contributed by atoms with Gasteiger partial charge in [-0.1, -0.05) is 23.5 Å². The molecule has 0 atom stereocenters. The number of carbonyl (C=O) groups excluding carboxylic acids is 1. The zero-order valence-electron chi connectivity index (χ0n) is 16.3. The molecule has 0 aliphatic rings. The van der Waals surface area contributed by atoms with Gasteiger partial charge in [0.15, 0.2) is 5.13 Å². The van der Waals surface area contributed by atoms with E-state index >= 15 is 0 Å². The molecule has 0 N–H and O–H groups in total. The minimum atomic E-state index is -0.128. The van der Waals surface area contributed by atoms with Gasteiger partial charge in [0.25, 0.3) is 5.91 Å². The van der Waals surface area contributed by atoms with E-state index < -0.39 is 0 Å². The van der Waals surface area contributed by atoms with Crippen molar-refractivity contribution in [1.82, 2.24) is 19.7 Å². The van der Waals surface area contributed by atoms with Gasteiger partial charge < -0.3 is 0 Å². The quantitative estimate of drug-likeness (QED) is 0.523. The van der Waals surface area contributed by atoms with Gasteiger partial charge in [-0.05, 0) is 55.7 Å². The van der Waals surface area contributed by atoms with Crippen LogP contribution in [0.5, 0.6) is 0 Å². The number of pyridine rings is 1. The Morgan fingerprint density at radius 2 is 2.00 bits per heavy atom. The Morgan fingerprint density at radius 3 is 2.68 bits per heavy atom. The lowest BCUT2D eigenvalue weighted by Crippen LogP contribution is -2.32. The normalized spacial score (nSPS) is 11.1. The minimum absolute atomic E-state index is 0.128. The first-order valence-corrected chi connectivity index (χ1v) is 9.84. The van der Waals surface area contributed by atoms with Crippen LogP contribution in [0.15, 0.2) is 42.7 Å². The monoisotopic (exact) mass is 391 g/mol. The Morgan fingerprint density at radius 1 is 1.18 bits per heavy atom. The summed E-state index contributed by atoms with van der Waals surface area (Å²) in [5.41, 5.74) is 5.44. The van der Waals surface area contributed by atoms with Crippen molar-refractivity contribution in [3.8, 4) is 0 Å². The molecule has 0 saturated carbocycles. The fourth-order valence-electron chi connectivity index (χ4n) is 3.34. The second kappa shape index (κ2) is 7.16. The van der Waals surface area contributed by atoms with E-state index in [-0.39, 0.29) is 5.91 Å². The fourth-order valence-corrected chi connectivity index (χ4v) is 4.48. The van der Waals surface area contributed by atoms with Gasteiger partial charge in [0, 0.05) is 13.2 Å². The van der Waals surface area contributed by atoms with Crippen LogP contribution in [0.2, 0.25) is 0 Å². The molecule has 0 saturated heterocycles. The van der Waals surface area contributed by atoms with Crippen LogP contribution in [-0.2, 0) is 13.6 Å². The van der Waals surface area contributed by atoms with Crippen LogP contribution in [0, 0.1) is 20.8 Å². The molecule has 0 aliphatic heterocycles. The molecule has 1 aromatic carbocycles. The maximum atomic E-state index is 13.5. The Kier molecular flexibility index (Phi) is 4.68. The van der Waals surface area contributed by atoms with Crippen molar-refractivity contribution >= 4 is 32.6 Å². The molecular formula is C21H21N5OS. The second-order valence-electron chi connectivity index (χ2n) is 6.94. The first-order valence-electron chi connectivity index (χ1n) is 9.02. The average molecular weight is 392 g/mol. The molecule has 1 amide bonds. The molecule has 0 aliphatic carbocycles. The first-order chi connectivity index (χ1) is 13.4. The van der Waals surface area contributed by atoms with E-state index in [0.717, 1.165) is 27.0 Å². The number of amides is 1. The molecule has 0 radical (unpaired) electrons. The van der Waals surface area contributed by atoms with Crippen molar-refractivity contribution in [2.75, 3.05) is 4.90 Å². The third kappa shape index (κ3) is 3.29. The van der Waals surface area contributed by atoms with E-state index in [0.29, 0.717) is 17.4 Å². The smallest absolute Gasteiger partial charge is 0.277 e. The SMILES string of the molecule is Cc1cc(C)c2nc(N(Cc3ccccn3)C(=O)c3c(C)cnn3C)sc2c1. The molecule has 4 rings (SSSR count). The molecule has 6 nitrogen and oxygen atoms in total. The summed E-state index contributed by atoms with van der Waals surface area (Å²) in [4.78, 5) is 24.4. The molecular weight excluding hydrogens is 370 g/mol. The number of carbonyl (C=O) groups is 1. The van der Waals surface area contributed by atoms with Crippen LogP contribution in [0.25, 0.3) is 10.2 Å². The lowest BCUT2D eigenvalue weighted by atomic mass is 10.1. The summed E-state index contributed by atoms with van der Waals surface area (Å²) in [7, 11) is 1.78. The standard InChI is InChI=1S/C21H21N5OS/c1-13-9-14(2)18-17(10-13)28-21(24-18)26(12-16-7-5-6-8-22-16)20(27)19-15(3)11-23-25(19)4/h5-11H,12H2,1-4H3. The average Bonchev–Trinajstić information content (AvgIpc) is 3.23. The fraction of sp³-hybridized carbons (Fsp3) is 0.238. The zero-order valence-corrected chi connectivity index (χ0v) is 17.1. The number of fused-ring (bicyclic) bond motifs is 1. The Labute approximate surface area is 167 Å². The Balaban J connectivity index is 1.83. The summed E-state index contributed by atoms with van der Waals surface area (Å²) in [6.45, 7) is 6.36. The molecule has 28 heavy (non-hydrogen) atoms. The number of benzene rings is 1. The van der Waals surface area contributed by atoms with E-state index in [1.807, 2.05) is 25.1 Å². The summed E-state index contributed by atoms with van der Waals surface area (Å²) in [5.74, 6) is -0.128. The van der Waals surface area contributed by atoms with Crippen molar-refractivity contribution in [3.63, 3.8) is 0 Å². The molecule has 0 bridgehead atoms. The molecule has 3 aromatic heterocycles. The highest BCUT2D eigenvalue weighted by Gasteiger charge is 2.26. The summed E-state index contributed by atoms with van der Waals surface area (Å²) >= 11 is 1.53. The van der Waals surface area contributed by atoms with Crippen LogP contribution in [-0.4, -0.2) is 25.7 Å². The highest BCUT2D eigenvalue weighted by molar-refractivity contribution is 7.22. The number of thiazole rings is 1. The maximum absolute atomic E-state index is 13.5. The van der Waals surface area contributed by atoms with Gasteiger partial charge >= 0.3 is 0 Å². The second-order valence-corrected chi connectivity index (χ2v) is 7.95. The van der Waals surface area contributed by atoms with Gasteiger partial charge in [0.1, 0.15) is 5.69 Å². The molecule has 142 valence electrons. The van der Waals surface area contributed by atoms with Crippen LogP contribution in [0.4, 0.5) is 5.13 Å². The van der Waals surface area contributed by atoms with E-state index in [2.05, 4.69) is 36.1 Å². The van der Waals surface area contributed by atoms with Gasteiger partial charge in [-0.3, -0.25) is 19.4 Å². The third-order valence-corrected chi connectivity index (χ3v) is 5.69. The third-order valence-electron chi connectivity index (χ3n) is 4.67. The van der Waals surface area contributed by atoms with Gasteiger partial charge in [0.2, 0.25) is 0 Å². The predicted molar refractivity (Wildman–Crippen MR) is 112 cm³/mol. The molecule has 0 unspecified atom stereocenters. The van der Waals surface area contributed by atoms with Crippen molar-refractivity contribution in [1.29, 1.82) is 0 Å². The summed E-state index contributed by atoms with van der Waals surface area (Å²) in [6, 6.07) is 9.93. The zero-order chi connectivity index (χ0) is 19.8. The van der Waals surface area contributed by atoms with Crippen molar-refractivity contribution in [3.05, 3.63) is 70.8 Å². The molecule has 0 fully saturated rings. The molecule has 7 heteroatoms. The highest BCUT2D eigenvalue weighted by Crippen LogP contribution is 2.33. The number of nitrogens with zero attached hydrogens (tertiary/aromatic N) is 5. The Hall–Kier alpha value is -3.06. The van der Waals surface area contributed by atoms with Gasteiger partial charge in [-0.25, -0.2) is 4.98 Å². The van der Waals surface area contributed by atoms with Crippen LogP contribution in [0.1, 0.15) is 32.9 Å². The van der Waals surface area contributed by atoms with Crippen molar-refractivity contribution in [2.45, 2.75) is 27.3 Å². The van der Waals surface area contributed by atoms with Crippen molar-refractivity contribution in [2.24, 2.45) is 7.05 Å². The number of aryl methyl sites for hydroxylation is 4. The van der Waals surface area contributed by atoms with Gasteiger partial charge in [-0.15, -0.1) is 0 Å². The van der Waals surface area contributed by atoms with Crippen LogP contribution >= 0.6 is 11.3 Å². The van der Waals surface area contributed by atoms with Gasteiger partial charge in [0.05, 0.1) is 28.7 Å². The molecule has 3 heterocycles. The lowest BCUT2D eigenvalue weighted by molar-refractivity contribution is 0.0975. The lowest BCUT2D eigenvalue weighted by Gasteiger charge is -2.20. The highest BCUT2D eigenvalue weighted by atomic mass is 32.1. The first kappa shape index (κ1) is 18.3. The van der Waals surface area contributed by atoms with E-state index in [9.17, 15) is 4.79 Å². The number of rotatable bonds is 4. The van der Waals surface area contributed by atoms with E-state index in [4.69, 9.17) is 4.98 Å². The maximum Gasteiger partial charge on any atom is 0.278 e. The summed E-state index contributed by atoms with van der Waals surface area (Å²) < 4.78 is 2.69. The predicted octanol–water partition coefficient (Wildman–Crippen LogP) is 4.20. The molecule has 4 aromatic rings.